The lowest BCUT2D eigenvalue weighted by atomic mass is 9.86. The van der Waals surface area contributed by atoms with Crippen molar-refractivity contribution in [3.05, 3.63) is 35.4 Å². The van der Waals surface area contributed by atoms with E-state index in [1.165, 1.54) is 12.1 Å². The molecule has 1 fully saturated rings. The van der Waals surface area contributed by atoms with E-state index in [-0.39, 0.29) is 0 Å². The number of alkyl halides is 3. The Bertz CT molecular complexity index is 390. The van der Waals surface area contributed by atoms with Gasteiger partial charge in [-0.1, -0.05) is 12.1 Å². The van der Waals surface area contributed by atoms with Gasteiger partial charge >= 0.3 is 6.18 Å². The van der Waals surface area contributed by atoms with Crippen molar-refractivity contribution in [2.75, 3.05) is 13.2 Å². The molecule has 0 aliphatic carbocycles. The van der Waals surface area contributed by atoms with Crippen LogP contribution in [-0.2, 0) is 16.5 Å². The number of hydrogen-bond acceptors (Lipinski definition) is 2. The van der Waals surface area contributed by atoms with Crippen molar-refractivity contribution in [3.8, 4) is 0 Å². The Morgan fingerprint density at radius 3 is 2.33 bits per heavy atom. The fourth-order valence-corrected chi connectivity index (χ4v) is 2.19. The molecule has 100 valence electrons. The predicted octanol–water partition coefficient (Wildman–Crippen LogP) is 3.09. The molecule has 1 heterocycles. The second-order valence-corrected chi connectivity index (χ2v) is 4.57. The molecule has 1 aliphatic heterocycles. The summed E-state index contributed by atoms with van der Waals surface area (Å²) in [6, 6.07) is 4.74. The maximum Gasteiger partial charge on any atom is 0.416 e. The Balaban J connectivity index is 2.22. The van der Waals surface area contributed by atoms with Gasteiger partial charge in [-0.2, -0.15) is 13.2 Å². The summed E-state index contributed by atoms with van der Waals surface area (Å²) in [4.78, 5) is 0. The average Bonchev–Trinajstić information content (AvgIpc) is 2.54. The highest BCUT2D eigenvalue weighted by Gasteiger charge is 2.33. The first-order chi connectivity index (χ1) is 8.42. The van der Waals surface area contributed by atoms with Crippen LogP contribution in [0.3, 0.4) is 0 Å². The summed E-state index contributed by atoms with van der Waals surface area (Å²) < 4.78 is 42.6. The van der Waals surface area contributed by atoms with E-state index in [4.69, 9.17) is 4.74 Å². The minimum absolute atomic E-state index is 0.415. The Morgan fingerprint density at radius 1 is 1.06 bits per heavy atom. The predicted molar refractivity (Wildman–Crippen MR) is 60.0 cm³/mol. The van der Waals surface area contributed by atoms with E-state index in [0.717, 1.165) is 12.1 Å². The fourth-order valence-electron chi connectivity index (χ4n) is 2.19. The normalized spacial score (nSPS) is 25.8. The summed E-state index contributed by atoms with van der Waals surface area (Å²) in [7, 11) is 0. The Hall–Kier alpha value is -1.07. The number of hydrogen-bond donors (Lipinski definition) is 1. The Morgan fingerprint density at radius 2 is 1.72 bits per heavy atom. The molecular weight excluding hydrogens is 245 g/mol. The lowest BCUT2D eigenvalue weighted by Crippen LogP contribution is -2.26. The van der Waals surface area contributed by atoms with Gasteiger partial charge in [0.05, 0.1) is 11.2 Å². The molecule has 18 heavy (non-hydrogen) atoms. The standard InChI is InChI=1S/C13H15F3O2/c14-13(15,16)11-4-2-10(3-5-11)12(17)6-1-8-18-9-7-12/h2-5,17H,1,6-9H2. The Labute approximate surface area is 103 Å². The van der Waals surface area contributed by atoms with E-state index in [9.17, 15) is 18.3 Å². The number of halogens is 3. The first-order valence-corrected chi connectivity index (χ1v) is 5.90. The van der Waals surface area contributed by atoms with Crippen LogP contribution in [0.25, 0.3) is 0 Å². The third-order valence-electron chi connectivity index (χ3n) is 3.29. The van der Waals surface area contributed by atoms with Gasteiger partial charge in [-0.05, 0) is 30.5 Å². The highest BCUT2D eigenvalue weighted by Crippen LogP contribution is 2.35. The molecule has 1 N–H and O–H groups in total. The highest BCUT2D eigenvalue weighted by atomic mass is 19.4. The van der Waals surface area contributed by atoms with E-state index < -0.39 is 17.3 Å². The van der Waals surface area contributed by atoms with Gasteiger partial charge in [0.1, 0.15) is 0 Å². The van der Waals surface area contributed by atoms with E-state index >= 15 is 0 Å². The zero-order valence-corrected chi connectivity index (χ0v) is 9.83. The number of rotatable bonds is 1. The molecule has 0 amide bonds. The van der Waals surface area contributed by atoms with Crippen LogP contribution in [0, 0.1) is 0 Å². The molecule has 2 nitrogen and oxygen atoms in total. The maximum absolute atomic E-state index is 12.4. The topological polar surface area (TPSA) is 29.5 Å². The van der Waals surface area contributed by atoms with Crippen LogP contribution in [0.5, 0.6) is 0 Å². The molecule has 0 spiro atoms. The van der Waals surface area contributed by atoms with E-state index in [1.54, 1.807) is 0 Å². The number of ether oxygens (including phenoxy) is 1. The van der Waals surface area contributed by atoms with Crippen molar-refractivity contribution in [2.24, 2.45) is 0 Å². The zero-order valence-electron chi connectivity index (χ0n) is 9.83. The fraction of sp³-hybridized carbons (Fsp3) is 0.538. The van der Waals surface area contributed by atoms with Crippen LogP contribution in [0.2, 0.25) is 0 Å². The van der Waals surface area contributed by atoms with Crippen LogP contribution in [0.1, 0.15) is 30.4 Å². The zero-order chi connectivity index (χ0) is 13.2. The molecule has 1 aromatic rings. The molecule has 1 unspecified atom stereocenters. The monoisotopic (exact) mass is 260 g/mol. The molecule has 5 heteroatoms. The first-order valence-electron chi connectivity index (χ1n) is 5.90. The third-order valence-corrected chi connectivity index (χ3v) is 3.29. The van der Waals surface area contributed by atoms with Crippen LogP contribution < -0.4 is 0 Å². The summed E-state index contributed by atoms with van der Waals surface area (Å²) in [5, 5.41) is 10.5. The van der Waals surface area contributed by atoms with Gasteiger partial charge in [0.15, 0.2) is 0 Å². The van der Waals surface area contributed by atoms with Gasteiger partial charge in [-0.3, -0.25) is 0 Å². The summed E-state index contributed by atoms with van der Waals surface area (Å²) in [5.41, 5.74) is -1.23. The molecule has 0 radical (unpaired) electrons. The minimum Gasteiger partial charge on any atom is -0.385 e. The van der Waals surface area contributed by atoms with Crippen LogP contribution in [0.4, 0.5) is 13.2 Å². The summed E-state index contributed by atoms with van der Waals surface area (Å²) in [6.07, 6.45) is -2.71. The summed E-state index contributed by atoms with van der Waals surface area (Å²) in [6.45, 7) is 1.01. The molecule has 1 saturated heterocycles. The van der Waals surface area contributed by atoms with Gasteiger partial charge in [0, 0.05) is 19.6 Å². The first kappa shape index (κ1) is 13.4. The molecular formula is C13H15F3O2. The van der Waals surface area contributed by atoms with Crippen LogP contribution >= 0.6 is 0 Å². The van der Waals surface area contributed by atoms with Crippen LogP contribution in [0.15, 0.2) is 24.3 Å². The van der Waals surface area contributed by atoms with Gasteiger partial charge < -0.3 is 9.84 Å². The van der Waals surface area contributed by atoms with Crippen LogP contribution in [-0.4, -0.2) is 18.3 Å². The van der Waals surface area contributed by atoms with Gasteiger partial charge in [0.25, 0.3) is 0 Å². The maximum atomic E-state index is 12.4. The Kier molecular flexibility index (Phi) is 3.64. The molecule has 0 saturated carbocycles. The average molecular weight is 260 g/mol. The van der Waals surface area contributed by atoms with E-state index in [0.29, 0.717) is 38.0 Å². The van der Waals surface area contributed by atoms with Crippen molar-refractivity contribution < 1.29 is 23.0 Å². The molecule has 1 aliphatic rings. The van der Waals surface area contributed by atoms with Gasteiger partial charge in [0.2, 0.25) is 0 Å². The van der Waals surface area contributed by atoms with Crippen molar-refractivity contribution in [2.45, 2.75) is 31.0 Å². The molecule has 1 aromatic carbocycles. The van der Waals surface area contributed by atoms with Gasteiger partial charge in [-0.15, -0.1) is 0 Å². The lowest BCUT2D eigenvalue weighted by molar-refractivity contribution is -0.137. The summed E-state index contributed by atoms with van der Waals surface area (Å²) >= 11 is 0. The van der Waals surface area contributed by atoms with Crippen molar-refractivity contribution in [1.29, 1.82) is 0 Å². The van der Waals surface area contributed by atoms with Crippen molar-refractivity contribution in [1.82, 2.24) is 0 Å². The largest absolute Gasteiger partial charge is 0.416 e. The van der Waals surface area contributed by atoms with E-state index in [1.807, 2.05) is 0 Å². The second-order valence-electron chi connectivity index (χ2n) is 4.57. The van der Waals surface area contributed by atoms with Gasteiger partial charge in [-0.25, -0.2) is 0 Å². The quantitative estimate of drug-likeness (QED) is 0.840. The summed E-state index contributed by atoms with van der Waals surface area (Å²) in [5.74, 6) is 0. The minimum atomic E-state index is -4.34. The number of aliphatic hydroxyl groups is 1. The van der Waals surface area contributed by atoms with Crippen molar-refractivity contribution >= 4 is 0 Å². The molecule has 0 aromatic heterocycles. The second kappa shape index (κ2) is 4.90. The lowest BCUT2D eigenvalue weighted by Gasteiger charge is -2.26. The molecule has 2 rings (SSSR count). The van der Waals surface area contributed by atoms with Crippen molar-refractivity contribution in [3.63, 3.8) is 0 Å². The molecule has 1 atom stereocenters. The SMILES string of the molecule is OC1(c2ccc(C(F)(F)F)cc2)CCCOCC1. The molecule has 0 bridgehead atoms. The van der Waals surface area contributed by atoms with E-state index in [2.05, 4.69) is 0 Å². The highest BCUT2D eigenvalue weighted by molar-refractivity contribution is 5.28. The third kappa shape index (κ3) is 2.84. The smallest absolute Gasteiger partial charge is 0.385 e. The number of benzene rings is 1.